The van der Waals surface area contributed by atoms with E-state index in [1.165, 1.54) is 0 Å². The Balaban J connectivity index is 2.03. The van der Waals surface area contributed by atoms with Gasteiger partial charge in [-0.25, -0.2) is 0 Å². The molecular weight excluding hydrogens is 272 g/mol. The maximum absolute atomic E-state index is 12.4. The third-order valence-corrected chi connectivity index (χ3v) is 4.44. The second kappa shape index (κ2) is 5.13. The van der Waals surface area contributed by atoms with Gasteiger partial charge in [-0.1, -0.05) is 18.2 Å². The number of aromatic nitrogens is 4. The van der Waals surface area contributed by atoms with Gasteiger partial charge in [0.25, 0.3) is 0 Å². The summed E-state index contributed by atoms with van der Waals surface area (Å²) in [5.41, 5.74) is 2.88. The van der Waals surface area contributed by atoms with Crippen molar-refractivity contribution in [2.45, 2.75) is 17.8 Å². The summed E-state index contributed by atoms with van der Waals surface area (Å²) in [6, 6.07) is 9.88. The van der Waals surface area contributed by atoms with Gasteiger partial charge in [0.05, 0.1) is 22.1 Å². The van der Waals surface area contributed by atoms with Gasteiger partial charge in [0, 0.05) is 18.1 Å². The molecule has 5 nitrogen and oxygen atoms in total. The van der Waals surface area contributed by atoms with E-state index in [4.69, 9.17) is 0 Å². The minimum absolute atomic E-state index is 0.413. The highest BCUT2D eigenvalue weighted by Gasteiger charge is 2.13. The zero-order chi connectivity index (χ0) is 14.1. The molecular formula is C14H14N4OS. The lowest BCUT2D eigenvalue weighted by molar-refractivity contribution is 0.664. The first-order chi connectivity index (χ1) is 9.65. The SMILES string of the molecule is Cc1cc(C[S@](=O)c2nncn2C)c2ccccc2n1. The number of hydrogen-bond acceptors (Lipinski definition) is 4. The minimum atomic E-state index is -1.22. The highest BCUT2D eigenvalue weighted by atomic mass is 32.2. The first-order valence-corrected chi connectivity index (χ1v) is 7.54. The van der Waals surface area contributed by atoms with Crippen LogP contribution in [-0.4, -0.2) is 24.0 Å². The smallest absolute Gasteiger partial charge is 0.221 e. The van der Waals surface area contributed by atoms with E-state index in [9.17, 15) is 4.21 Å². The van der Waals surface area contributed by atoms with Crippen molar-refractivity contribution in [1.29, 1.82) is 0 Å². The molecule has 0 N–H and O–H groups in total. The molecule has 102 valence electrons. The average molecular weight is 286 g/mol. The molecule has 0 bridgehead atoms. The van der Waals surface area contributed by atoms with Crippen molar-refractivity contribution < 1.29 is 4.21 Å². The maximum Gasteiger partial charge on any atom is 0.221 e. The van der Waals surface area contributed by atoms with E-state index >= 15 is 0 Å². The monoisotopic (exact) mass is 286 g/mol. The van der Waals surface area contributed by atoms with Crippen LogP contribution in [0.25, 0.3) is 10.9 Å². The summed E-state index contributed by atoms with van der Waals surface area (Å²) in [6.07, 6.45) is 1.56. The van der Waals surface area contributed by atoms with Crippen LogP contribution in [-0.2, 0) is 23.6 Å². The maximum atomic E-state index is 12.4. The molecule has 6 heteroatoms. The summed E-state index contributed by atoms with van der Waals surface area (Å²) in [4.78, 5) is 4.49. The highest BCUT2D eigenvalue weighted by Crippen LogP contribution is 2.20. The Bertz CT molecular complexity index is 797. The fraction of sp³-hybridized carbons (Fsp3) is 0.214. The average Bonchev–Trinajstić information content (AvgIpc) is 2.85. The minimum Gasteiger partial charge on any atom is -0.310 e. The summed E-state index contributed by atoms with van der Waals surface area (Å²) >= 11 is 0. The summed E-state index contributed by atoms with van der Waals surface area (Å²) < 4.78 is 14.1. The topological polar surface area (TPSA) is 60.7 Å². The molecule has 0 saturated carbocycles. The molecule has 3 aromatic rings. The number of hydrogen-bond donors (Lipinski definition) is 0. The first-order valence-electron chi connectivity index (χ1n) is 6.23. The van der Waals surface area contributed by atoms with Crippen LogP contribution in [0.15, 0.2) is 41.8 Å². The van der Waals surface area contributed by atoms with Crippen molar-refractivity contribution in [3.05, 3.63) is 47.9 Å². The van der Waals surface area contributed by atoms with Gasteiger partial charge in [-0.3, -0.25) is 9.19 Å². The molecule has 0 fully saturated rings. The van der Waals surface area contributed by atoms with Gasteiger partial charge >= 0.3 is 0 Å². The van der Waals surface area contributed by atoms with Gasteiger partial charge in [0.15, 0.2) is 0 Å². The van der Waals surface area contributed by atoms with Crippen LogP contribution in [0.2, 0.25) is 0 Å². The molecule has 2 heterocycles. The molecule has 0 amide bonds. The Kier molecular flexibility index (Phi) is 3.31. The van der Waals surface area contributed by atoms with Gasteiger partial charge in [-0.2, -0.15) is 0 Å². The van der Waals surface area contributed by atoms with E-state index in [0.29, 0.717) is 10.9 Å². The number of benzene rings is 1. The van der Waals surface area contributed by atoms with E-state index in [-0.39, 0.29) is 0 Å². The van der Waals surface area contributed by atoms with Crippen LogP contribution in [0.4, 0.5) is 0 Å². The predicted molar refractivity (Wildman–Crippen MR) is 77.6 cm³/mol. The van der Waals surface area contributed by atoms with E-state index in [1.807, 2.05) is 37.3 Å². The van der Waals surface area contributed by atoms with Gasteiger partial charge < -0.3 is 4.57 Å². The van der Waals surface area contributed by atoms with Crippen LogP contribution in [0.5, 0.6) is 0 Å². The number of pyridine rings is 1. The first kappa shape index (κ1) is 12.9. The van der Waals surface area contributed by atoms with Crippen molar-refractivity contribution in [1.82, 2.24) is 19.7 Å². The van der Waals surface area contributed by atoms with Crippen molar-refractivity contribution in [2.24, 2.45) is 7.05 Å². The fourth-order valence-corrected chi connectivity index (χ4v) is 3.36. The van der Waals surface area contributed by atoms with E-state index in [1.54, 1.807) is 17.9 Å². The molecule has 0 spiro atoms. The molecule has 0 unspecified atom stereocenters. The highest BCUT2D eigenvalue weighted by molar-refractivity contribution is 7.84. The van der Waals surface area contributed by atoms with Crippen LogP contribution in [0.3, 0.4) is 0 Å². The molecule has 20 heavy (non-hydrogen) atoms. The molecule has 0 radical (unpaired) electrons. The van der Waals surface area contributed by atoms with Gasteiger partial charge in [-0.05, 0) is 24.6 Å². The van der Waals surface area contributed by atoms with Crippen molar-refractivity contribution in [2.75, 3.05) is 0 Å². The summed E-state index contributed by atoms with van der Waals surface area (Å²) in [7, 11) is 0.577. The second-order valence-corrected chi connectivity index (χ2v) is 6.00. The Morgan fingerprint density at radius 3 is 2.85 bits per heavy atom. The van der Waals surface area contributed by atoms with Crippen molar-refractivity contribution >= 4 is 21.7 Å². The molecule has 0 aliphatic carbocycles. The van der Waals surface area contributed by atoms with Crippen LogP contribution < -0.4 is 0 Å². The summed E-state index contributed by atoms with van der Waals surface area (Å²) in [5.74, 6) is 0.413. The van der Waals surface area contributed by atoms with E-state index in [0.717, 1.165) is 22.2 Å². The molecule has 3 rings (SSSR count). The van der Waals surface area contributed by atoms with E-state index < -0.39 is 10.8 Å². The zero-order valence-electron chi connectivity index (χ0n) is 11.3. The standard InChI is InChI=1S/C14H14N4OS/c1-10-7-11(12-5-3-4-6-13(12)16-10)8-20(19)14-17-15-9-18(14)2/h3-7,9H,8H2,1-2H3/t20-/m0/s1. The van der Waals surface area contributed by atoms with Crippen LogP contribution >= 0.6 is 0 Å². The third-order valence-electron chi connectivity index (χ3n) is 3.09. The third kappa shape index (κ3) is 2.34. The summed E-state index contributed by atoms with van der Waals surface area (Å²) in [5, 5.41) is 9.21. The molecule has 1 atom stereocenters. The van der Waals surface area contributed by atoms with Crippen molar-refractivity contribution in [3.63, 3.8) is 0 Å². The van der Waals surface area contributed by atoms with Crippen LogP contribution in [0.1, 0.15) is 11.3 Å². The summed E-state index contributed by atoms with van der Waals surface area (Å²) in [6.45, 7) is 1.95. The quantitative estimate of drug-likeness (QED) is 0.738. The van der Waals surface area contributed by atoms with Crippen molar-refractivity contribution in [3.8, 4) is 0 Å². The Labute approximate surface area is 119 Å². The van der Waals surface area contributed by atoms with Gasteiger partial charge in [0.2, 0.25) is 5.16 Å². The largest absolute Gasteiger partial charge is 0.310 e. The van der Waals surface area contributed by atoms with E-state index in [2.05, 4.69) is 15.2 Å². The molecule has 0 aliphatic heterocycles. The molecule has 0 saturated heterocycles. The normalized spacial score (nSPS) is 12.7. The Morgan fingerprint density at radius 2 is 2.10 bits per heavy atom. The second-order valence-electron chi connectivity index (χ2n) is 4.65. The Hall–Kier alpha value is -2.08. The lowest BCUT2D eigenvalue weighted by Gasteiger charge is -2.07. The van der Waals surface area contributed by atoms with Crippen LogP contribution in [0, 0.1) is 6.92 Å². The van der Waals surface area contributed by atoms with Gasteiger partial charge in [-0.15, -0.1) is 10.2 Å². The fourth-order valence-electron chi connectivity index (χ4n) is 2.20. The predicted octanol–water partition coefficient (Wildman–Crippen LogP) is 1.98. The Morgan fingerprint density at radius 1 is 1.30 bits per heavy atom. The number of nitrogens with zero attached hydrogens (tertiary/aromatic N) is 4. The molecule has 0 aliphatic rings. The lowest BCUT2D eigenvalue weighted by atomic mass is 10.1. The zero-order valence-corrected chi connectivity index (χ0v) is 12.1. The lowest BCUT2D eigenvalue weighted by Crippen LogP contribution is -2.04. The number of fused-ring (bicyclic) bond motifs is 1. The number of para-hydroxylation sites is 1. The number of aryl methyl sites for hydroxylation is 2. The van der Waals surface area contributed by atoms with Gasteiger partial charge in [0.1, 0.15) is 6.33 Å². The molecule has 1 aromatic carbocycles. The molecule has 2 aromatic heterocycles. The number of rotatable bonds is 3.